The molecule has 1 aromatic heterocycles. The molecule has 4 nitrogen and oxygen atoms in total. The first-order valence-electron chi connectivity index (χ1n) is 8.87. The third-order valence-electron chi connectivity index (χ3n) is 4.91. The molecule has 1 amide bonds. The van der Waals surface area contributed by atoms with Crippen LogP contribution in [0.2, 0.25) is 0 Å². The molecule has 2 aromatic carbocycles. The molecule has 1 N–H and O–H groups in total. The predicted octanol–water partition coefficient (Wildman–Crippen LogP) is 5.06. The van der Waals surface area contributed by atoms with E-state index < -0.39 is 0 Å². The van der Waals surface area contributed by atoms with Gasteiger partial charge in [0.2, 0.25) is 0 Å². The largest absolute Gasteiger partial charge is 0.451 e. The minimum absolute atomic E-state index is 0.227. The summed E-state index contributed by atoms with van der Waals surface area (Å²) in [6.45, 7) is 3.38. The van der Waals surface area contributed by atoms with Crippen LogP contribution in [0.5, 0.6) is 0 Å². The van der Waals surface area contributed by atoms with Crippen LogP contribution in [0.3, 0.4) is 0 Å². The third kappa shape index (κ3) is 3.25. The second-order valence-electron chi connectivity index (χ2n) is 6.69. The van der Waals surface area contributed by atoms with Crippen LogP contribution in [0.25, 0.3) is 11.0 Å². The Morgan fingerprint density at radius 2 is 1.92 bits per heavy atom. The van der Waals surface area contributed by atoms with E-state index in [0.29, 0.717) is 11.8 Å². The molecule has 1 atom stereocenters. The van der Waals surface area contributed by atoms with E-state index in [2.05, 4.69) is 29.3 Å². The van der Waals surface area contributed by atoms with Gasteiger partial charge in [-0.2, -0.15) is 0 Å². The maximum absolute atomic E-state index is 12.4. The molecule has 2 heterocycles. The lowest BCUT2D eigenvalue weighted by atomic mass is 10.0. The van der Waals surface area contributed by atoms with Gasteiger partial charge in [-0.25, -0.2) is 0 Å². The van der Waals surface area contributed by atoms with Gasteiger partial charge in [-0.15, -0.1) is 0 Å². The molecule has 1 aliphatic heterocycles. The average molecular weight is 334 g/mol. The van der Waals surface area contributed by atoms with Crippen LogP contribution in [-0.2, 0) is 0 Å². The van der Waals surface area contributed by atoms with E-state index in [4.69, 9.17) is 4.42 Å². The van der Waals surface area contributed by atoms with Crippen LogP contribution in [0, 0.1) is 0 Å². The number of anilines is 2. The molecule has 0 radical (unpaired) electrons. The fraction of sp³-hybridized carbons (Fsp3) is 0.286. The number of nitrogens with one attached hydrogen (secondary N) is 1. The molecule has 0 spiro atoms. The van der Waals surface area contributed by atoms with Gasteiger partial charge in [0, 0.05) is 29.3 Å². The van der Waals surface area contributed by atoms with Gasteiger partial charge in [-0.3, -0.25) is 4.79 Å². The van der Waals surface area contributed by atoms with Gasteiger partial charge in [-0.05, 0) is 62.6 Å². The number of furan rings is 1. The molecule has 1 aliphatic rings. The van der Waals surface area contributed by atoms with Crippen molar-refractivity contribution in [1.29, 1.82) is 0 Å². The van der Waals surface area contributed by atoms with Crippen molar-refractivity contribution in [3.63, 3.8) is 0 Å². The number of para-hydroxylation sites is 1. The zero-order valence-electron chi connectivity index (χ0n) is 14.4. The summed E-state index contributed by atoms with van der Waals surface area (Å²) >= 11 is 0. The highest BCUT2D eigenvalue weighted by Gasteiger charge is 2.18. The smallest absolute Gasteiger partial charge is 0.291 e. The SMILES string of the molecule is C[C@H]1CCCCN1c1ccc(NC(=O)c2cc3ccccc3o2)cc1. The Bertz CT molecular complexity index is 849. The molecule has 128 valence electrons. The maximum atomic E-state index is 12.4. The van der Waals surface area contributed by atoms with Gasteiger partial charge in [0.05, 0.1) is 0 Å². The zero-order chi connectivity index (χ0) is 17.2. The number of hydrogen-bond acceptors (Lipinski definition) is 3. The van der Waals surface area contributed by atoms with Crippen molar-refractivity contribution in [2.75, 3.05) is 16.8 Å². The van der Waals surface area contributed by atoms with Crippen LogP contribution >= 0.6 is 0 Å². The molecule has 25 heavy (non-hydrogen) atoms. The topological polar surface area (TPSA) is 45.5 Å². The van der Waals surface area contributed by atoms with Crippen LogP contribution in [-0.4, -0.2) is 18.5 Å². The molecule has 0 aliphatic carbocycles. The molecule has 0 bridgehead atoms. The maximum Gasteiger partial charge on any atom is 0.291 e. The van der Waals surface area contributed by atoms with Crippen molar-refractivity contribution in [2.24, 2.45) is 0 Å². The van der Waals surface area contributed by atoms with Crippen molar-refractivity contribution in [2.45, 2.75) is 32.2 Å². The quantitative estimate of drug-likeness (QED) is 0.728. The lowest BCUT2D eigenvalue weighted by Gasteiger charge is -2.35. The number of nitrogens with zero attached hydrogens (tertiary/aromatic N) is 1. The highest BCUT2D eigenvalue weighted by atomic mass is 16.3. The van der Waals surface area contributed by atoms with E-state index >= 15 is 0 Å². The first kappa shape index (κ1) is 15.8. The first-order valence-corrected chi connectivity index (χ1v) is 8.87. The van der Waals surface area contributed by atoms with Crippen LogP contribution in [0.4, 0.5) is 11.4 Å². The number of hydrogen-bond donors (Lipinski definition) is 1. The second kappa shape index (κ2) is 6.63. The number of fused-ring (bicyclic) bond motifs is 1. The highest BCUT2D eigenvalue weighted by Crippen LogP contribution is 2.26. The van der Waals surface area contributed by atoms with Crippen molar-refractivity contribution >= 4 is 28.3 Å². The third-order valence-corrected chi connectivity index (χ3v) is 4.91. The Hall–Kier alpha value is -2.75. The number of carbonyl (C=O) groups excluding carboxylic acids is 1. The molecule has 4 heteroatoms. The number of rotatable bonds is 3. The Balaban J connectivity index is 1.47. The number of amides is 1. The summed E-state index contributed by atoms with van der Waals surface area (Å²) in [4.78, 5) is 14.8. The van der Waals surface area contributed by atoms with Crippen molar-refractivity contribution in [1.82, 2.24) is 0 Å². The van der Waals surface area contributed by atoms with Crippen molar-refractivity contribution < 1.29 is 9.21 Å². The van der Waals surface area contributed by atoms with Gasteiger partial charge in [0.1, 0.15) is 5.58 Å². The summed E-state index contributed by atoms with van der Waals surface area (Å²) in [5.74, 6) is 0.102. The van der Waals surface area contributed by atoms with E-state index in [0.717, 1.165) is 23.2 Å². The zero-order valence-corrected chi connectivity index (χ0v) is 14.4. The van der Waals surface area contributed by atoms with Gasteiger partial charge in [0.15, 0.2) is 5.76 Å². The minimum Gasteiger partial charge on any atom is -0.451 e. The van der Waals surface area contributed by atoms with Crippen molar-refractivity contribution in [3.8, 4) is 0 Å². The van der Waals surface area contributed by atoms with E-state index in [1.807, 2.05) is 36.4 Å². The molecule has 1 fully saturated rings. The Morgan fingerprint density at radius 3 is 2.68 bits per heavy atom. The summed E-state index contributed by atoms with van der Waals surface area (Å²) in [7, 11) is 0. The van der Waals surface area contributed by atoms with E-state index in [1.165, 1.54) is 24.9 Å². The normalized spacial score (nSPS) is 17.6. The average Bonchev–Trinajstić information content (AvgIpc) is 3.07. The lowest BCUT2D eigenvalue weighted by Crippen LogP contribution is -2.37. The first-order chi connectivity index (χ1) is 12.2. The molecule has 1 saturated heterocycles. The summed E-state index contributed by atoms with van der Waals surface area (Å²) in [6, 6.07) is 18.0. The van der Waals surface area contributed by atoms with Crippen LogP contribution in [0.1, 0.15) is 36.7 Å². The summed E-state index contributed by atoms with van der Waals surface area (Å²) < 4.78 is 5.61. The Labute approximate surface area is 147 Å². The molecular weight excluding hydrogens is 312 g/mol. The Kier molecular flexibility index (Phi) is 4.18. The van der Waals surface area contributed by atoms with Crippen LogP contribution in [0.15, 0.2) is 59.0 Å². The molecule has 4 rings (SSSR count). The highest BCUT2D eigenvalue weighted by molar-refractivity contribution is 6.04. The fourth-order valence-electron chi connectivity index (χ4n) is 3.50. The molecule has 0 saturated carbocycles. The van der Waals surface area contributed by atoms with Gasteiger partial charge in [-0.1, -0.05) is 18.2 Å². The second-order valence-corrected chi connectivity index (χ2v) is 6.69. The fourth-order valence-corrected chi connectivity index (χ4v) is 3.50. The summed E-state index contributed by atoms with van der Waals surface area (Å²) in [6.07, 6.45) is 3.79. The summed E-state index contributed by atoms with van der Waals surface area (Å²) in [5, 5.41) is 3.84. The predicted molar refractivity (Wildman–Crippen MR) is 101 cm³/mol. The Morgan fingerprint density at radius 1 is 1.12 bits per heavy atom. The van der Waals surface area contributed by atoms with Crippen molar-refractivity contribution in [3.05, 3.63) is 60.4 Å². The van der Waals surface area contributed by atoms with Gasteiger partial charge < -0.3 is 14.6 Å². The molecule has 3 aromatic rings. The standard InChI is InChI=1S/C21H22N2O2/c1-15-6-4-5-13-23(15)18-11-9-17(10-12-18)22-21(24)20-14-16-7-2-3-8-19(16)25-20/h2-3,7-12,14-15H,4-6,13H2,1H3,(H,22,24)/t15-/m0/s1. The van der Waals surface area contributed by atoms with E-state index in [-0.39, 0.29) is 5.91 Å². The number of carbonyl (C=O) groups is 1. The molecule has 0 unspecified atom stereocenters. The molecular formula is C21H22N2O2. The number of benzene rings is 2. The van der Waals surface area contributed by atoms with Crippen LogP contribution < -0.4 is 10.2 Å². The number of piperidine rings is 1. The lowest BCUT2D eigenvalue weighted by molar-refractivity contribution is 0.0998. The van der Waals surface area contributed by atoms with E-state index in [9.17, 15) is 4.79 Å². The van der Waals surface area contributed by atoms with Gasteiger partial charge >= 0.3 is 0 Å². The van der Waals surface area contributed by atoms with Gasteiger partial charge in [0.25, 0.3) is 5.91 Å². The summed E-state index contributed by atoms with van der Waals surface area (Å²) in [5.41, 5.74) is 2.72. The minimum atomic E-state index is -0.227. The van der Waals surface area contributed by atoms with E-state index in [1.54, 1.807) is 6.07 Å². The monoisotopic (exact) mass is 334 g/mol.